The molecule has 0 fully saturated rings. The minimum atomic E-state index is -0.402. The first-order valence-electron chi connectivity index (χ1n) is 5.91. The molecule has 0 aliphatic carbocycles. The van der Waals surface area contributed by atoms with Gasteiger partial charge in [-0.3, -0.25) is 10.1 Å². The van der Waals surface area contributed by atoms with E-state index < -0.39 is 4.92 Å². The molecule has 0 aliphatic rings. The van der Waals surface area contributed by atoms with Crippen molar-refractivity contribution in [3.05, 3.63) is 62.6 Å². The lowest BCUT2D eigenvalue weighted by Gasteiger charge is -2.08. The molecule has 6 heteroatoms. The van der Waals surface area contributed by atoms with Crippen molar-refractivity contribution < 1.29 is 9.66 Å². The van der Waals surface area contributed by atoms with Crippen molar-refractivity contribution >= 4 is 27.3 Å². The predicted octanol–water partition coefficient (Wildman–Crippen LogP) is 3.98. The van der Waals surface area contributed by atoms with Crippen LogP contribution in [0.1, 0.15) is 5.56 Å². The fourth-order valence-electron chi connectivity index (χ4n) is 1.72. The van der Waals surface area contributed by atoms with Gasteiger partial charge in [0, 0.05) is 18.3 Å². The first kappa shape index (κ1) is 14.3. The predicted molar refractivity (Wildman–Crippen MR) is 81.1 cm³/mol. The Morgan fingerprint density at radius 2 is 1.95 bits per heavy atom. The molecule has 2 rings (SSSR count). The molecule has 0 unspecified atom stereocenters. The Bertz CT molecular complexity index is 614. The summed E-state index contributed by atoms with van der Waals surface area (Å²) < 4.78 is 5.56. The van der Waals surface area contributed by atoms with Crippen LogP contribution in [0.3, 0.4) is 0 Å². The Morgan fingerprint density at radius 1 is 1.25 bits per heavy atom. The quantitative estimate of drug-likeness (QED) is 0.662. The number of nitrogens with zero attached hydrogens (tertiary/aromatic N) is 1. The van der Waals surface area contributed by atoms with Crippen molar-refractivity contribution in [3.8, 4) is 5.75 Å². The molecule has 0 bridgehead atoms. The highest BCUT2D eigenvalue weighted by Gasteiger charge is 2.11. The molecular weight excluding hydrogens is 324 g/mol. The van der Waals surface area contributed by atoms with Crippen LogP contribution in [0, 0.1) is 10.1 Å². The second-order valence-electron chi connectivity index (χ2n) is 4.12. The summed E-state index contributed by atoms with van der Waals surface area (Å²) in [4.78, 5) is 10.5. The summed E-state index contributed by atoms with van der Waals surface area (Å²) in [6.07, 6.45) is 0. The number of benzene rings is 2. The van der Waals surface area contributed by atoms with Gasteiger partial charge in [-0.25, -0.2) is 0 Å². The summed E-state index contributed by atoms with van der Waals surface area (Å²) in [6, 6.07) is 12.6. The number of nitro groups is 1. The second-order valence-corrected chi connectivity index (χ2v) is 4.98. The first-order chi connectivity index (χ1) is 9.60. The third-order valence-corrected chi connectivity index (χ3v) is 3.46. The third-order valence-electron chi connectivity index (χ3n) is 2.79. The highest BCUT2D eigenvalue weighted by atomic mass is 79.9. The van der Waals surface area contributed by atoms with Crippen LogP contribution in [0.5, 0.6) is 5.75 Å². The molecule has 20 heavy (non-hydrogen) atoms. The Morgan fingerprint density at radius 3 is 2.55 bits per heavy atom. The van der Waals surface area contributed by atoms with E-state index in [1.807, 2.05) is 30.3 Å². The van der Waals surface area contributed by atoms with Crippen molar-refractivity contribution in [2.75, 3.05) is 12.4 Å². The molecule has 0 aromatic heterocycles. The Kier molecular flexibility index (Phi) is 4.57. The summed E-state index contributed by atoms with van der Waals surface area (Å²) in [7, 11) is 1.61. The van der Waals surface area contributed by atoms with Gasteiger partial charge in [-0.15, -0.1) is 0 Å². The lowest BCUT2D eigenvalue weighted by molar-refractivity contribution is -0.385. The minimum absolute atomic E-state index is 0.0685. The third kappa shape index (κ3) is 3.48. The number of rotatable bonds is 5. The van der Waals surface area contributed by atoms with Gasteiger partial charge < -0.3 is 10.1 Å². The zero-order chi connectivity index (χ0) is 14.5. The van der Waals surface area contributed by atoms with Crippen LogP contribution >= 0.6 is 15.9 Å². The van der Waals surface area contributed by atoms with E-state index in [0.717, 1.165) is 17.0 Å². The van der Waals surface area contributed by atoms with Crippen molar-refractivity contribution in [2.45, 2.75) is 6.54 Å². The maximum Gasteiger partial charge on any atom is 0.283 e. The fourth-order valence-corrected chi connectivity index (χ4v) is 2.11. The topological polar surface area (TPSA) is 64.4 Å². The van der Waals surface area contributed by atoms with E-state index in [-0.39, 0.29) is 5.69 Å². The normalized spacial score (nSPS) is 10.1. The molecule has 1 N–H and O–H groups in total. The van der Waals surface area contributed by atoms with Gasteiger partial charge in [0.15, 0.2) is 0 Å². The van der Waals surface area contributed by atoms with Crippen LogP contribution in [-0.2, 0) is 6.54 Å². The van der Waals surface area contributed by atoms with Gasteiger partial charge in [-0.2, -0.15) is 0 Å². The molecule has 2 aromatic rings. The number of methoxy groups -OCH3 is 1. The van der Waals surface area contributed by atoms with Crippen molar-refractivity contribution in [3.63, 3.8) is 0 Å². The Hall–Kier alpha value is -2.08. The summed E-state index contributed by atoms with van der Waals surface area (Å²) in [5.74, 6) is 0.787. The molecule has 0 atom stereocenters. The van der Waals surface area contributed by atoms with E-state index in [1.54, 1.807) is 19.2 Å². The zero-order valence-electron chi connectivity index (χ0n) is 10.8. The van der Waals surface area contributed by atoms with Gasteiger partial charge in [-0.05, 0) is 51.8 Å². The zero-order valence-corrected chi connectivity index (χ0v) is 12.4. The highest BCUT2D eigenvalue weighted by molar-refractivity contribution is 9.10. The Balaban J connectivity index is 2.06. The summed E-state index contributed by atoms with van der Waals surface area (Å²) in [5.41, 5.74) is 1.84. The van der Waals surface area contributed by atoms with E-state index in [1.165, 1.54) is 0 Å². The highest BCUT2D eigenvalue weighted by Crippen LogP contribution is 2.26. The maximum absolute atomic E-state index is 10.9. The van der Waals surface area contributed by atoms with E-state index in [0.29, 0.717) is 11.0 Å². The molecular formula is C14H13BrN2O3. The van der Waals surface area contributed by atoms with E-state index in [2.05, 4.69) is 21.2 Å². The lowest BCUT2D eigenvalue weighted by atomic mass is 10.2. The minimum Gasteiger partial charge on any atom is -0.497 e. The first-order valence-corrected chi connectivity index (χ1v) is 6.70. The van der Waals surface area contributed by atoms with Gasteiger partial charge in [0.25, 0.3) is 5.69 Å². The number of hydrogen-bond donors (Lipinski definition) is 1. The number of hydrogen-bond acceptors (Lipinski definition) is 4. The van der Waals surface area contributed by atoms with Gasteiger partial charge in [0.05, 0.1) is 16.5 Å². The number of ether oxygens (including phenoxy) is 1. The van der Waals surface area contributed by atoms with Crippen LogP contribution in [0.2, 0.25) is 0 Å². The number of anilines is 1. The lowest BCUT2D eigenvalue weighted by Crippen LogP contribution is -2.00. The van der Waals surface area contributed by atoms with Crippen LogP contribution in [0.15, 0.2) is 46.9 Å². The van der Waals surface area contributed by atoms with Crippen LogP contribution in [0.25, 0.3) is 0 Å². The largest absolute Gasteiger partial charge is 0.497 e. The fraction of sp³-hybridized carbons (Fsp3) is 0.143. The molecule has 2 aromatic carbocycles. The summed E-state index contributed by atoms with van der Waals surface area (Å²) in [5, 5.41) is 14.1. The van der Waals surface area contributed by atoms with Crippen molar-refractivity contribution in [2.24, 2.45) is 0 Å². The average molecular weight is 337 g/mol. The van der Waals surface area contributed by atoms with Crippen LogP contribution in [-0.4, -0.2) is 12.0 Å². The number of nitro benzene ring substituents is 1. The standard InChI is InChI=1S/C14H13BrN2O3/c1-20-12-5-3-11(4-6-12)16-9-10-2-7-13(15)14(8-10)17(18)19/h2-8,16H,9H2,1H3. The van der Waals surface area contributed by atoms with E-state index >= 15 is 0 Å². The molecule has 0 radical (unpaired) electrons. The Labute approximate surface area is 124 Å². The van der Waals surface area contributed by atoms with Crippen LogP contribution in [0.4, 0.5) is 11.4 Å². The molecule has 0 aliphatic heterocycles. The molecule has 0 heterocycles. The average Bonchev–Trinajstić information content (AvgIpc) is 2.46. The monoisotopic (exact) mass is 336 g/mol. The maximum atomic E-state index is 10.9. The van der Waals surface area contributed by atoms with Gasteiger partial charge in [0.1, 0.15) is 5.75 Å². The van der Waals surface area contributed by atoms with Crippen LogP contribution < -0.4 is 10.1 Å². The van der Waals surface area contributed by atoms with Crippen molar-refractivity contribution in [1.29, 1.82) is 0 Å². The van der Waals surface area contributed by atoms with Gasteiger partial charge in [0.2, 0.25) is 0 Å². The molecule has 0 saturated carbocycles. The molecule has 0 amide bonds. The smallest absolute Gasteiger partial charge is 0.283 e. The number of halogens is 1. The van der Waals surface area contributed by atoms with Gasteiger partial charge in [-0.1, -0.05) is 6.07 Å². The van der Waals surface area contributed by atoms with E-state index in [4.69, 9.17) is 4.74 Å². The summed E-state index contributed by atoms with van der Waals surface area (Å²) >= 11 is 3.17. The molecule has 5 nitrogen and oxygen atoms in total. The SMILES string of the molecule is COc1ccc(NCc2ccc(Br)c([N+](=O)[O-])c2)cc1. The van der Waals surface area contributed by atoms with E-state index in [9.17, 15) is 10.1 Å². The van der Waals surface area contributed by atoms with Crippen molar-refractivity contribution in [1.82, 2.24) is 0 Å². The summed E-state index contributed by atoms with van der Waals surface area (Å²) in [6.45, 7) is 0.514. The molecule has 0 saturated heterocycles. The molecule has 0 spiro atoms. The molecule has 104 valence electrons. The second kappa shape index (κ2) is 6.38. The number of nitrogens with one attached hydrogen (secondary N) is 1. The van der Waals surface area contributed by atoms with Gasteiger partial charge >= 0.3 is 0 Å².